The van der Waals surface area contributed by atoms with Gasteiger partial charge in [-0.15, -0.1) is 0 Å². The number of benzene rings is 2. The van der Waals surface area contributed by atoms with Crippen molar-refractivity contribution in [2.24, 2.45) is 5.92 Å². The van der Waals surface area contributed by atoms with E-state index in [0.29, 0.717) is 10.8 Å². The highest BCUT2D eigenvalue weighted by Gasteiger charge is 2.21. The molecular formula is C22H23FN4O3. The van der Waals surface area contributed by atoms with Crippen molar-refractivity contribution in [1.29, 1.82) is 0 Å². The summed E-state index contributed by atoms with van der Waals surface area (Å²) in [5.41, 5.74) is 0.361. The average molecular weight is 410 g/mol. The van der Waals surface area contributed by atoms with Crippen LogP contribution in [0.2, 0.25) is 0 Å². The quantitative estimate of drug-likeness (QED) is 0.653. The van der Waals surface area contributed by atoms with Crippen molar-refractivity contribution >= 4 is 22.6 Å². The van der Waals surface area contributed by atoms with E-state index in [1.165, 1.54) is 19.2 Å². The smallest absolute Gasteiger partial charge is 0.275 e. The third kappa shape index (κ3) is 4.37. The first-order valence-corrected chi connectivity index (χ1v) is 9.58. The van der Waals surface area contributed by atoms with Gasteiger partial charge in [0.05, 0.1) is 11.4 Å². The zero-order chi connectivity index (χ0) is 21.8. The first-order chi connectivity index (χ1) is 14.3. The minimum Gasteiger partial charge on any atom is -0.354 e. The summed E-state index contributed by atoms with van der Waals surface area (Å²) >= 11 is 0. The number of rotatable bonds is 6. The van der Waals surface area contributed by atoms with E-state index in [0.717, 1.165) is 10.2 Å². The molecule has 0 aliphatic heterocycles. The van der Waals surface area contributed by atoms with Gasteiger partial charge in [-0.1, -0.05) is 44.2 Å². The van der Waals surface area contributed by atoms with Gasteiger partial charge < -0.3 is 10.6 Å². The van der Waals surface area contributed by atoms with E-state index < -0.39 is 17.4 Å². The normalized spacial score (nSPS) is 12.0. The molecule has 3 aromatic rings. The van der Waals surface area contributed by atoms with Crippen molar-refractivity contribution in [1.82, 2.24) is 20.4 Å². The van der Waals surface area contributed by atoms with E-state index in [4.69, 9.17) is 0 Å². The molecule has 2 amide bonds. The molecule has 0 aliphatic carbocycles. The van der Waals surface area contributed by atoms with E-state index in [1.807, 2.05) is 13.8 Å². The van der Waals surface area contributed by atoms with Crippen LogP contribution in [0.3, 0.4) is 0 Å². The van der Waals surface area contributed by atoms with E-state index in [9.17, 15) is 18.8 Å². The van der Waals surface area contributed by atoms with Crippen LogP contribution in [-0.4, -0.2) is 28.6 Å². The fourth-order valence-corrected chi connectivity index (χ4v) is 3.29. The fourth-order valence-electron chi connectivity index (χ4n) is 3.29. The zero-order valence-corrected chi connectivity index (χ0v) is 17.0. The molecule has 8 heteroatoms. The lowest BCUT2D eigenvalue weighted by molar-refractivity contribution is -0.123. The van der Waals surface area contributed by atoms with Crippen LogP contribution in [0.15, 0.2) is 53.3 Å². The van der Waals surface area contributed by atoms with Crippen LogP contribution in [0.1, 0.15) is 35.9 Å². The number of nitrogens with one attached hydrogen (secondary N) is 2. The fraction of sp³-hybridized carbons (Fsp3) is 0.273. The minimum atomic E-state index is -0.462. The van der Waals surface area contributed by atoms with Crippen LogP contribution < -0.4 is 16.2 Å². The molecule has 0 saturated carbocycles. The molecule has 2 aromatic carbocycles. The summed E-state index contributed by atoms with van der Waals surface area (Å²) in [4.78, 5) is 37.8. The van der Waals surface area contributed by atoms with Gasteiger partial charge in [0.25, 0.3) is 11.5 Å². The Morgan fingerprint density at radius 2 is 1.70 bits per heavy atom. The predicted octanol–water partition coefficient (Wildman–Crippen LogP) is 2.41. The zero-order valence-electron chi connectivity index (χ0n) is 17.0. The van der Waals surface area contributed by atoms with Gasteiger partial charge in [0.15, 0.2) is 5.69 Å². The van der Waals surface area contributed by atoms with Gasteiger partial charge in [-0.2, -0.15) is 5.10 Å². The summed E-state index contributed by atoms with van der Waals surface area (Å²) in [5, 5.41) is 10.2. The topological polar surface area (TPSA) is 93.1 Å². The number of carbonyl (C=O) groups is 2. The summed E-state index contributed by atoms with van der Waals surface area (Å²) in [5.74, 6) is -1.22. The molecule has 3 rings (SSSR count). The Morgan fingerprint density at radius 3 is 2.30 bits per heavy atom. The number of hydrogen-bond donors (Lipinski definition) is 2. The second-order valence-corrected chi connectivity index (χ2v) is 7.28. The molecule has 7 nitrogen and oxygen atoms in total. The number of fused-ring (bicyclic) bond motifs is 1. The Labute approximate surface area is 172 Å². The lowest BCUT2D eigenvalue weighted by Crippen LogP contribution is -2.38. The Kier molecular flexibility index (Phi) is 6.25. The van der Waals surface area contributed by atoms with Crippen LogP contribution >= 0.6 is 0 Å². The maximum absolute atomic E-state index is 13.2. The first kappa shape index (κ1) is 21.2. The van der Waals surface area contributed by atoms with Crippen LogP contribution in [-0.2, 0) is 11.3 Å². The Balaban J connectivity index is 1.92. The average Bonchev–Trinajstić information content (AvgIpc) is 2.74. The third-order valence-electron chi connectivity index (χ3n) is 4.82. The largest absolute Gasteiger partial charge is 0.354 e. The van der Waals surface area contributed by atoms with Crippen molar-refractivity contribution in [2.75, 3.05) is 7.05 Å². The summed E-state index contributed by atoms with van der Waals surface area (Å²) in [7, 11) is 1.47. The van der Waals surface area contributed by atoms with E-state index in [2.05, 4.69) is 15.7 Å². The van der Waals surface area contributed by atoms with Gasteiger partial charge in [-0.25, -0.2) is 9.07 Å². The Morgan fingerprint density at radius 1 is 1.07 bits per heavy atom. The van der Waals surface area contributed by atoms with Gasteiger partial charge >= 0.3 is 0 Å². The van der Waals surface area contributed by atoms with Crippen molar-refractivity contribution in [3.63, 3.8) is 0 Å². The molecule has 0 aliphatic rings. The molecule has 30 heavy (non-hydrogen) atoms. The summed E-state index contributed by atoms with van der Waals surface area (Å²) < 4.78 is 14.2. The second kappa shape index (κ2) is 8.86. The van der Waals surface area contributed by atoms with Gasteiger partial charge in [-0.05, 0) is 29.7 Å². The van der Waals surface area contributed by atoms with Crippen LogP contribution in [0.4, 0.5) is 4.39 Å². The van der Waals surface area contributed by atoms with Crippen molar-refractivity contribution < 1.29 is 14.0 Å². The van der Waals surface area contributed by atoms with Crippen molar-refractivity contribution in [3.05, 3.63) is 76.0 Å². The van der Waals surface area contributed by atoms with E-state index in [-0.39, 0.29) is 30.0 Å². The van der Waals surface area contributed by atoms with E-state index in [1.54, 1.807) is 36.4 Å². The number of hydrogen-bond acceptors (Lipinski definition) is 4. The molecule has 1 heterocycles. The van der Waals surface area contributed by atoms with Crippen LogP contribution in [0.25, 0.3) is 10.8 Å². The standard InChI is InChI=1S/C22H23FN4O3/c1-13(2)19(14-8-10-15(23)11-9-14)25-18(28)12-27-22(30)17-7-5-4-6-16(17)20(26-27)21(29)24-3/h4-11,13,19H,12H2,1-3H3,(H,24,29)(H,25,28). The SMILES string of the molecule is CNC(=O)c1nn(CC(=O)NC(c2ccc(F)cc2)C(C)C)c(=O)c2ccccc12. The number of aromatic nitrogens is 2. The maximum atomic E-state index is 13.2. The number of carbonyl (C=O) groups excluding carboxylic acids is 2. The summed E-state index contributed by atoms with van der Waals surface area (Å²) in [6, 6.07) is 12.2. The van der Waals surface area contributed by atoms with Crippen LogP contribution in [0.5, 0.6) is 0 Å². The molecule has 2 N–H and O–H groups in total. The number of nitrogens with zero attached hydrogens (tertiary/aromatic N) is 2. The molecule has 1 aromatic heterocycles. The molecule has 0 spiro atoms. The first-order valence-electron chi connectivity index (χ1n) is 9.58. The van der Waals surface area contributed by atoms with Crippen molar-refractivity contribution in [3.8, 4) is 0 Å². The van der Waals surface area contributed by atoms with Gasteiger partial charge in [0, 0.05) is 12.4 Å². The second-order valence-electron chi connectivity index (χ2n) is 7.28. The maximum Gasteiger partial charge on any atom is 0.275 e. The molecule has 0 radical (unpaired) electrons. The molecule has 0 fully saturated rings. The highest BCUT2D eigenvalue weighted by molar-refractivity contribution is 6.04. The van der Waals surface area contributed by atoms with Gasteiger partial charge in [-0.3, -0.25) is 14.4 Å². The van der Waals surface area contributed by atoms with Gasteiger partial charge in [0.2, 0.25) is 5.91 Å². The monoisotopic (exact) mass is 410 g/mol. The third-order valence-corrected chi connectivity index (χ3v) is 4.82. The molecule has 156 valence electrons. The Hall–Kier alpha value is -3.55. The number of halogens is 1. The highest BCUT2D eigenvalue weighted by Crippen LogP contribution is 2.22. The number of amides is 2. The molecule has 1 unspecified atom stereocenters. The highest BCUT2D eigenvalue weighted by atomic mass is 19.1. The lowest BCUT2D eigenvalue weighted by Gasteiger charge is -2.23. The molecular weight excluding hydrogens is 387 g/mol. The Bertz CT molecular complexity index is 1140. The van der Waals surface area contributed by atoms with Crippen molar-refractivity contribution in [2.45, 2.75) is 26.4 Å². The minimum absolute atomic E-state index is 0.0297. The van der Waals surface area contributed by atoms with E-state index >= 15 is 0 Å². The molecule has 0 bridgehead atoms. The van der Waals surface area contributed by atoms with Gasteiger partial charge in [0.1, 0.15) is 12.4 Å². The predicted molar refractivity (Wildman–Crippen MR) is 112 cm³/mol. The molecule has 0 saturated heterocycles. The summed E-state index contributed by atoms with van der Waals surface area (Å²) in [6.45, 7) is 3.51. The lowest BCUT2D eigenvalue weighted by atomic mass is 9.96. The van der Waals surface area contributed by atoms with Crippen LogP contribution in [0, 0.1) is 11.7 Å². The summed E-state index contributed by atoms with van der Waals surface area (Å²) in [6.07, 6.45) is 0. The molecule has 1 atom stereocenters.